The van der Waals surface area contributed by atoms with Gasteiger partial charge in [0.25, 0.3) is 0 Å². The van der Waals surface area contributed by atoms with Crippen LogP contribution < -0.4 is 14.2 Å². The quantitative estimate of drug-likeness (QED) is 0.381. The summed E-state index contributed by atoms with van der Waals surface area (Å²) in [5, 5.41) is 0. The fraction of sp³-hybridized carbons (Fsp3) is 0.296. The summed E-state index contributed by atoms with van der Waals surface area (Å²) in [5.41, 5.74) is 2.72. The van der Waals surface area contributed by atoms with Crippen molar-refractivity contribution in [1.82, 2.24) is 9.80 Å². The van der Waals surface area contributed by atoms with Crippen molar-refractivity contribution in [3.05, 3.63) is 89.5 Å². The lowest BCUT2D eigenvalue weighted by molar-refractivity contribution is 0.0723. The first-order chi connectivity index (χ1) is 16.2. The smallest absolute Gasteiger partial charge is 0.343 e. The first kappa shape index (κ1) is 22.8. The van der Waals surface area contributed by atoms with E-state index in [1.807, 2.05) is 36.4 Å². The molecule has 172 valence electrons. The summed E-state index contributed by atoms with van der Waals surface area (Å²) in [7, 11) is 3.14. The van der Waals surface area contributed by atoms with E-state index >= 15 is 0 Å². The number of hydrogen-bond acceptors (Lipinski definition) is 6. The number of esters is 1. The van der Waals surface area contributed by atoms with Crippen molar-refractivity contribution < 1.29 is 19.0 Å². The van der Waals surface area contributed by atoms with Gasteiger partial charge in [0.05, 0.1) is 19.8 Å². The third kappa shape index (κ3) is 5.72. The van der Waals surface area contributed by atoms with Crippen LogP contribution in [0.15, 0.2) is 72.8 Å². The number of benzene rings is 3. The van der Waals surface area contributed by atoms with E-state index in [9.17, 15) is 4.79 Å². The highest BCUT2D eigenvalue weighted by atomic mass is 16.6. The average molecular weight is 447 g/mol. The van der Waals surface area contributed by atoms with Gasteiger partial charge in [-0.2, -0.15) is 0 Å². The lowest BCUT2D eigenvalue weighted by Gasteiger charge is -2.35. The molecule has 1 saturated heterocycles. The van der Waals surface area contributed by atoms with Gasteiger partial charge in [-0.1, -0.05) is 54.6 Å². The van der Waals surface area contributed by atoms with Gasteiger partial charge in [-0.05, 0) is 23.8 Å². The highest BCUT2D eigenvalue weighted by Crippen LogP contribution is 2.41. The summed E-state index contributed by atoms with van der Waals surface area (Å²) < 4.78 is 16.9. The highest BCUT2D eigenvalue weighted by Gasteiger charge is 2.24. The fourth-order valence-corrected chi connectivity index (χ4v) is 4.09. The maximum atomic E-state index is 12.8. The Balaban J connectivity index is 1.47. The van der Waals surface area contributed by atoms with E-state index in [1.54, 1.807) is 26.4 Å². The van der Waals surface area contributed by atoms with Gasteiger partial charge in [0.1, 0.15) is 0 Å². The zero-order chi connectivity index (χ0) is 23.0. The number of methoxy groups -OCH3 is 2. The molecule has 3 aromatic carbocycles. The summed E-state index contributed by atoms with van der Waals surface area (Å²) >= 11 is 0. The topological polar surface area (TPSA) is 51.2 Å². The van der Waals surface area contributed by atoms with E-state index in [-0.39, 0.29) is 0 Å². The van der Waals surface area contributed by atoms with Crippen molar-refractivity contribution in [3.8, 4) is 17.2 Å². The number of ether oxygens (including phenoxy) is 3. The zero-order valence-corrected chi connectivity index (χ0v) is 19.2. The molecule has 0 spiro atoms. The highest BCUT2D eigenvalue weighted by molar-refractivity contribution is 5.91. The second-order valence-corrected chi connectivity index (χ2v) is 8.08. The Hall–Kier alpha value is -3.35. The lowest BCUT2D eigenvalue weighted by atomic mass is 10.1. The molecule has 0 radical (unpaired) electrons. The summed E-state index contributed by atoms with van der Waals surface area (Å²) in [6.45, 7) is 5.48. The van der Waals surface area contributed by atoms with Crippen LogP contribution in [-0.2, 0) is 13.1 Å². The van der Waals surface area contributed by atoms with Crippen LogP contribution in [0.25, 0.3) is 0 Å². The molecule has 3 aromatic rings. The maximum absolute atomic E-state index is 12.8. The van der Waals surface area contributed by atoms with Crippen molar-refractivity contribution >= 4 is 5.97 Å². The molecule has 1 fully saturated rings. The fourth-order valence-electron chi connectivity index (χ4n) is 4.09. The predicted octanol–water partition coefficient (Wildman–Crippen LogP) is 4.24. The first-order valence-corrected chi connectivity index (χ1v) is 11.2. The second-order valence-electron chi connectivity index (χ2n) is 8.08. The molecule has 0 amide bonds. The Labute approximate surface area is 195 Å². The lowest BCUT2D eigenvalue weighted by Crippen LogP contribution is -2.45. The van der Waals surface area contributed by atoms with Gasteiger partial charge in [0.2, 0.25) is 5.75 Å². The molecule has 0 aromatic heterocycles. The number of carbonyl (C=O) groups excluding carboxylic acids is 1. The molecule has 0 unspecified atom stereocenters. The van der Waals surface area contributed by atoms with Crippen molar-refractivity contribution in [3.63, 3.8) is 0 Å². The Morgan fingerprint density at radius 1 is 0.727 bits per heavy atom. The van der Waals surface area contributed by atoms with Gasteiger partial charge in [0, 0.05) is 44.8 Å². The molecule has 0 aliphatic carbocycles. The zero-order valence-electron chi connectivity index (χ0n) is 19.2. The van der Waals surface area contributed by atoms with Gasteiger partial charge < -0.3 is 14.2 Å². The van der Waals surface area contributed by atoms with Crippen LogP contribution in [0.1, 0.15) is 21.5 Å². The molecule has 33 heavy (non-hydrogen) atoms. The number of carbonyl (C=O) groups is 1. The van der Waals surface area contributed by atoms with Gasteiger partial charge >= 0.3 is 5.97 Å². The Bertz CT molecular complexity index is 1050. The molecular formula is C27H30N2O4. The molecule has 0 N–H and O–H groups in total. The minimum atomic E-state index is -0.420. The molecule has 6 nitrogen and oxygen atoms in total. The third-order valence-electron chi connectivity index (χ3n) is 5.89. The molecule has 0 atom stereocenters. The Morgan fingerprint density at radius 3 is 1.94 bits per heavy atom. The number of nitrogens with zero attached hydrogens (tertiary/aromatic N) is 2. The van der Waals surface area contributed by atoms with E-state index in [1.165, 1.54) is 5.56 Å². The molecule has 1 aliphatic heterocycles. The van der Waals surface area contributed by atoms with Crippen LogP contribution in [0.4, 0.5) is 0 Å². The molecule has 1 aliphatic rings. The normalized spacial score (nSPS) is 14.6. The summed E-state index contributed by atoms with van der Waals surface area (Å²) in [6, 6.07) is 23.3. The Kier molecular flexibility index (Phi) is 7.60. The first-order valence-electron chi connectivity index (χ1n) is 11.2. The second kappa shape index (κ2) is 11.0. The van der Waals surface area contributed by atoms with Crippen LogP contribution in [0.3, 0.4) is 0 Å². The predicted molar refractivity (Wildman–Crippen MR) is 128 cm³/mol. The van der Waals surface area contributed by atoms with Crippen molar-refractivity contribution in [2.45, 2.75) is 13.1 Å². The number of hydrogen-bond donors (Lipinski definition) is 0. The third-order valence-corrected chi connectivity index (χ3v) is 5.89. The maximum Gasteiger partial charge on any atom is 0.343 e. The molecule has 6 heteroatoms. The van der Waals surface area contributed by atoms with Gasteiger partial charge in [-0.15, -0.1) is 0 Å². The monoisotopic (exact) mass is 446 g/mol. The largest absolute Gasteiger partial charge is 0.493 e. The molecular weight excluding hydrogens is 416 g/mol. The summed E-state index contributed by atoms with van der Waals surface area (Å²) in [6.07, 6.45) is 0. The van der Waals surface area contributed by atoms with Crippen LogP contribution in [0.2, 0.25) is 0 Å². The minimum Gasteiger partial charge on any atom is -0.493 e. The summed E-state index contributed by atoms with van der Waals surface area (Å²) in [4.78, 5) is 17.7. The molecule has 4 rings (SSSR count). The van der Waals surface area contributed by atoms with Crippen molar-refractivity contribution in [1.29, 1.82) is 0 Å². The van der Waals surface area contributed by atoms with Crippen LogP contribution in [0, 0.1) is 0 Å². The SMILES string of the molecule is COc1ccc(CN2CCN(Cc3ccccc3)CC2)c(OC(=O)c2ccccc2)c1OC. The van der Waals surface area contributed by atoms with Crippen LogP contribution in [0.5, 0.6) is 17.2 Å². The van der Waals surface area contributed by atoms with Gasteiger partial charge in [0.15, 0.2) is 11.5 Å². The minimum absolute atomic E-state index is 0.414. The molecule has 1 heterocycles. The van der Waals surface area contributed by atoms with E-state index < -0.39 is 5.97 Å². The van der Waals surface area contributed by atoms with Crippen molar-refractivity contribution in [2.24, 2.45) is 0 Å². The van der Waals surface area contributed by atoms with E-state index in [4.69, 9.17) is 14.2 Å². The molecule has 0 saturated carbocycles. The molecule has 0 bridgehead atoms. The van der Waals surface area contributed by atoms with Gasteiger partial charge in [-0.3, -0.25) is 9.80 Å². The summed E-state index contributed by atoms with van der Waals surface area (Å²) in [5.74, 6) is 0.959. The van der Waals surface area contributed by atoms with E-state index in [0.29, 0.717) is 29.4 Å². The van der Waals surface area contributed by atoms with E-state index in [2.05, 4.69) is 34.1 Å². The average Bonchev–Trinajstić information content (AvgIpc) is 2.87. The number of rotatable bonds is 8. The number of piperazine rings is 1. The van der Waals surface area contributed by atoms with Crippen LogP contribution >= 0.6 is 0 Å². The standard InChI is InChI=1S/C27H30N2O4/c1-31-24-14-13-23(25(26(24)32-2)33-27(30)22-11-7-4-8-12-22)20-29-17-15-28(16-18-29)19-21-9-5-3-6-10-21/h3-14H,15-20H2,1-2H3. The van der Waals surface area contributed by atoms with E-state index in [0.717, 1.165) is 38.3 Å². The van der Waals surface area contributed by atoms with Crippen molar-refractivity contribution in [2.75, 3.05) is 40.4 Å². The van der Waals surface area contributed by atoms with Gasteiger partial charge in [-0.25, -0.2) is 4.79 Å². The van der Waals surface area contributed by atoms with Crippen LogP contribution in [-0.4, -0.2) is 56.2 Å². The Morgan fingerprint density at radius 2 is 1.33 bits per heavy atom.